The summed E-state index contributed by atoms with van der Waals surface area (Å²) in [7, 11) is 3.88. The topological polar surface area (TPSA) is 70.6 Å². The Kier molecular flexibility index (Phi) is 7.23. The monoisotopic (exact) mass is 487 g/mol. The molecule has 178 valence electrons. The number of aromatic nitrogens is 2. The zero-order valence-electron chi connectivity index (χ0n) is 18.8. The van der Waals surface area contributed by atoms with E-state index in [1.165, 1.54) is 12.4 Å². The summed E-state index contributed by atoms with van der Waals surface area (Å²) in [6, 6.07) is 7.64. The lowest BCUT2D eigenvalue weighted by Gasteiger charge is -2.17. The van der Waals surface area contributed by atoms with E-state index in [9.17, 15) is 13.6 Å². The van der Waals surface area contributed by atoms with E-state index in [1.807, 2.05) is 25.1 Å². The Bertz CT molecular complexity index is 1240. The van der Waals surface area contributed by atoms with E-state index in [0.29, 0.717) is 48.5 Å². The summed E-state index contributed by atoms with van der Waals surface area (Å²) in [4.78, 5) is 24.5. The summed E-state index contributed by atoms with van der Waals surface area (Å²) in [5.41, 5.74) is 0.609. The molecular formula is C24H24ClF2N5O2. The number of likely N-dealkylation sites (tertiary alicyclic amines) is 1. The van der Waals surface area contributed by atoms with Gasteiger partial charge >= 0.3 is 0 Å². The highest BCUT2D eigenvalue weighted by atomic mass is 35.5. The lowest BCUT2D eigenvalue weighted by Crippen LogP contribution is -2.29. The van der Waals surface area contributed by atoms with Crippen LogP contribution in [0.1, 0.15) is 6.42 Å². The Morgan fingerprint density at radius 3 is 2.91 bits per heavy atom. The third-order valence-corrected chi connectivity index (χ3v) is 5.73. The molecule has 0 spiro atoms. The molecule has 1 N–H and O–H groups in total. The van der Waals surface area contributed by atoms with Crippen LogP contribution in [-0.2, 0) is 4.79 Å². The summed E-state index contributed by atoms with van der Waals surface area (Å²) in [5.74, 6) is -0.885. The maximum atomic E-state index is 14.4. The Morgan fingerprint density at radius 1 is 1.29 bits per heavy atom. The first-order chi connectivity index (χ1) is 16.3. The molecule has 0 radical (unpaired) electrons. The second-order valence-corrected chi connectivity index (χ2v) is 8.60. The SMILES string of the molecule is CN(C)C/C=C/C(=O)N1CC[C@H](Oc2ccc3ncnc(Nc4ccc(F)c(Cl)c4F)c3c2)C1. The van der Waals surface area contributed by atoms with Gasteiger partial charge < -0.3 is 19.9 Å². The van der Waals surface area contributed by atoms with Crippen LogP contribution in [0.5, 0.6) is 5.75 Å². The molecule has 1 atom stereocenters. The van der Waals surface area contributed by atoms with Gasteiger partial charge in [0.25, 0.3) is 0 Å². The quantitative estimate of drug-likeness (QED) is 0.393. The maximum absolute atomic E-state index is 14.4. The first-order valence-corrected chi connectivity index (χ1v) is 11.1. The van der Waals surface area contributed by atoms with E-state index in [4.69, 9.17) is 16.3 Å². The zero-order chi connectivity index (χ0) is 24.2. The van der Waals surface area contributed by atoms with Gasteiger partial charge in [0.05, 0.1) is 17.7 Å². The maximum Gasteiger partial charge on any atom is 0.246 e. The summed E-state index contributed by atoms with van der Waals surface area (Å²) >= 11 is 5.69. The highest BCUT2D eigenvalue weighted by Gasteiger charge is 2.26. The van der Waals surface area contributed by atoms with E-state index >= 15 is 0 Å². The van der Waals surface area contributed by atoms with Crippen LogP contribution >= 0.6 is 11.6 Å². The average Bonchev–Trinajstić information content (AvgIpc) is 3.28. The lowest BCUT2D eigenvalue weighted by molar-refractivity contribution is -0.125. The Labute approximate surface area is 201 Å². The van der Waals surface area contributed by atoms with Crippen LogP contribution in [0.2, 0.25) is 5.02 Å². The van der Waals surface area contributed by atoms with Crippen LogP contribution in [0.4, 0.5) is 20.3 Å². The van der Waals surface area contributed by atoms with E-state index in [-0.39, 0.29) is 17.7 Å². The summed E-state index contributed by atoms with van der Waals surface area (Å²) in [6.45, 7) is 1.80. The third-order valence-electron chi connectivity index (χ3n) is 5.39. The number of halogens is 3. The van der Waals surface area contributed by atoms with Crippen LogP contribution in [-0.4, -0.2) is 65.5 Å². The minimum Gasteiger partial charge on any atom is -0.488 e. The molecule has 34 heavy (non-hydrogen) atoms. The van der Waals surface area contributed by atoms with Crippen LogP contribution < -0.4 is 10.1 Å². The van der Waals surface area contributed by atoms with Gasteiger partial charge in [-0.2, -0.15) is 0 Å². The number of nitrogens with zero attached hydrogens (tertiary/aromatic N) is 4. The number of ether oxygens (including phenoxy) is 1. The van der Waals surface area contributed by atoms with Crippen molar-refractivity contribution < 1.29 is 18.3 Å². The van der Waals surface area contributed by atoms with Crippen molar-refractivity contribution in [3.05, 3.63) is 65.5 Å². The molecule has 2 aromatic carbocycles. The van der Waals surface area contributed by atoms with Crippen LogP contribution in [0, 0.1) is 11.6 Å². The fraction of sp³-hybridized carbons (Fsp3) is 0.292. The molecular weight excluding hydrogens is 464 g/mol. The number of likely N-dealkylation sites (N-methyl/N-ethyl adjacent to an activating group) is 1. The normalized spacial score (nSPS) is 16.1. The molecule has 1 aromatic heterocycles. The number of rotatable bonds is 7. The highest BCUT2D eigenvalue weighted by molar-refractivity contribution is 6.31. The van der Waals surface area contributed by atoms with Gasteiger partial charge in [0, 0.05) is 31.0 Å². The largest absolute Gasteiger partial charge is 0.488 e. The van der Waals surface area contributed by atoms with Gasteiger partial charge in [0.1, 0.15) is 34.8 Å². The van der Waals surface area contributed by atoms with Crippen molar-refractivity contribution in [2.45, 2.75) is 12.5 Å². The van der Waals surface area contributed by atoms with Gasteiger partial charge in [0.2, 0.25) is 5.91 Å². The van der Waals surface area contributed by atoms with Crippen molar-refractivity contribution in [2.75, 3.05) is 39.0 Å². The average molecular weight is 488 g/mol. The van der Waals surface area contributed by atoms with Crippen LogP contribution in [0.25, 0.3) is 10.9 Å². The Morgan fingerprint density at radius 2 is 2.12 bits per heavy atom. The molecule has 0 unspecified atom stereocenters. The van der Waals surface area contributed by atoms with Crippen molar-refractivity contribution in [3.63, 3.8) is 0 Å². The fourth-order valence-corrected chi connectivity index (χ4v) is 3.81. The number of nitrogens with one attached hydrogen (secondary N) is 1. The van der Waals surface area contributed by atoms with Crippen LogP contribution in [0.15, 0.2) is 48.8 Å². The summed E-state index contributed by atoms with van der Waals surface area (Å²) in [6.07, 6.45) is 5.33. The number of amides is 1. The number of benzene rings is 2. The van der Waals surface area contributed by atoms with Gasteiger partial charge in [-0.05, 0) is 44.4 Å². The molecule has 1 aliphatic rings. The first-order valence-electron chi connectivity index (χ1n) is 10.7. The number of hydrogen-bond donors (Lipinski definition) is 1. The number of carbonyl (C=O) groups excluding carboxylic acids is 1. The molecule has 0 bridgehead atoms. The Hall–Kier alpha value is -3.30. The zero-order valence-corrected chi connectivity index (χ0v) is 19.5. The highest BCUT2D eigenvalue weighted by Crippen LogP contribution is 2.31. The number of hydrogen-bond acceptors (Lipinski definition) is 6. The molecule has 1 amide bonds. The van der Waals surface area contributed by atoms with Gasteiger partial charge in [0.15, 0.2) is 5.82 Å². The van der Waals surface area contributed by atoms with E-state index in [0.717, 1.165) is 6.07 Å². The van der Waals surface area contributed by atoms with Crippen LogP contribution in [0.3, 0.4) is 0 Å². The molecule has 2 heterocycles. The van der Waals surface area contributed by atoms with Gasteiger partial charge in [-0.25, -0.2) is 18.7 Å². The number of anilines is 2. The third kappa shape index (κ3) is 5.43. The molecule has 7 nitrogen and oxygen atoms in total. The first kappa shape index (κ1) is 23.8. The molecule has 3 aromatic rings. The van der Waals surface area contributed by atoms with Crippen molar-refractivity contribution in [3.8, 4) is 5.75 Å². The molecule has 1 saturated heterocycles. The lowest BCUT2D eigenvalue weighted by atomic mass is 10.2. The number of carbonyl (C=O) groups is 1. The summed E-state index contributed by atoms with van der Waals surface area (Å²) in [5, 5.41) is 2.86. The summed E-state index contributed by atoms with van der Waals surface area (Å²) < 4.78 is 34.0. The van der Waals surface area contributed by atoms with Gasteiger partial charge in [-0.3, -0.25) is 4.79 Å². The van der Waals surface area contributed by atoms with Crippen molar-refractivity contribution in [2.24, 2.45) is 0 Å². The van der Waals surface area contributed by atoms with E-state index < -0.39 is 16.7 Å². The molecule has 0 aliphatic carbocycles. The minimum absolute atomic E-state index is 0.00927. The van der Waals surface area contributed by atoms with Gasteiger partial charge in [-0.1, -0.05) is 17.7 Å². The van der Waals surface area contributed by atoms with Gasteiger partial charge in [-0.15, -0.1) is 0 Å². The fourth-order valence-electron chi connectivity index (χ4n) is 3.65. The molecule has 4 rings (SSSR count). The number of fused-ring (bicyclic) bond motifs is 1. The van der Waals surface area contributed by atoms with E-state index in [2.05, 4.69) is 15.3 Å². The predicted molar refractivity (Wildman–Crippen MR) is 127 cm³/mol. The molecule has 0 saturated carbocycles. The molecule has 1 aliphatic heterocycles. The second kappa shape index (κ2) is 10.3. The van der Waals surface area contributed by atoms with E-state index in [1.54, 1.807) is 29.2 Å². The molecule has 10 heteroatoms. The Balaban J connectivity index is 1.48. The van der Waals surface area contributed by atoms with Crippen molar-refractivity contribution >= 4 is 39.9 Å². The second-order valence-electron chi connectivity index (χ2n) is 8.23. The minimum atomic E-state index is -0.906. The van der Waals surface area contributed by atoms with Crippen molar-refractivity contribution in [1.29, 1.82) is 0 Å². The van der Waals surface area contributed by atoms with Crippen molar-refractivity contribution in [1.82, 2.24) is 19.8 Å². The smallest absolute Gasteiger partial charge is 0.246 e. The predicted octanol–water partition coefficient (Wildman–Crippen LogP) is 4.40. The standard InChI is InChI=1S/C24H24ClF2N5O2/c1-31(2)10-3-4-21(33)32-11-9-16(13-32)34-15-5-7-19-17(12-15)24(29-14-28-19)30-20-8-6-18(26)22(25)23(20)27/h3-8,12,14,16H,9-11,13H2,1-2H3,(H,28,29,30)/b4-3+/t16-/m0/s1. The molecule has 1 fully saturated rings.